The number of sulfonamides is 1. The van der Waals surface area contributed by atoms with Crippen LogP contribution in [0.1, 0.15) is 11.1 Å². The van der Waals surface area contributed by atoms with E-state index in [0.717, 1.165) is 18.2 Å². The van der Waals surface area contributed by atoms with Crippen LogP contribution in [0.3, 0.4) is 0 Å². The minimum absolute atomic E-state index is 0.0593. The van der Waals surface area contributed by atoms with Gasteiger partial charge in [-0.2, -0.15) is 0 Å². The number of nitrogens with one attached hydrogen (secondary N) is 1. The molecular formula is C14H12ClF2NO2S. The maximum Gasteiger partial charge on any atom is 0.262 e. The molecule has 7 heteroatoms. The maximum absolute atomic E-state index is 13.7. The molecule has 0 unspecified atom stereocenters. The summed E-state index contributed by atoms with van der Waals surface area (Å²) in [6.45, 7) is 2.93. The SMILES string of the molecule is Cc1cc(F)cc(C)c1S(=O)(=O)Nc1c(F)cccc1Cl. The van der Waals surface area contributed by atoms with Gasteiger partial charge in [0.05, 0.1) is 9.92 Å². The van der Waals surface area contributed by atoms with Crippen molar-refractivity contribution in [1.29, 1.82) is 0 Å². The fourth-order valence-electron chi connectivity index (χ4n) is 2.10. The van der Waals surface area contributed by atoms with Crippen molar-refractivity contribution in [2.24, 2.45) is 0 Å². The van der Waals surface area contributed by atoms with Crippen LogP contribution in [0.15, 0.2) is 35.2 Å². The van der Waals surface area contributed by atoms with Crippen molar-refractivity contribution in [3.8, 4) is 0 Å². The number of hydrogen-bond donors (Lipinski definition) is 1. The molecule has 1 N–H and O–H groups in total. The van der Waals surface area contributed by atoms with Gasteiger partial charge in [-0.3, -0.25) is 4.72 Å². The normalized spacial score (nSPS) is 11.5. The number of benzene rings is 2. The molecule has 0 aliphatic rings. The lowest BCUT2D eigenvalue weighted by atomic mass is 10.1. The Balaban J connectivity index is 2.54. The Bertz CT molecular complexity index is 763. The Morgan fingerprint density at radius 2 is 1.67 bits per heavy atom. The second kappa shape index (κ2) is 5.61. The molecule has 21 heavy (non-hydrogen) atoms. The summed E-state index contributed by atoms with van der Waals surface area (Å²) in [6.07, 6.45) is 0. The van der Waals surface area contributed by atoms with Gasteiger partial charge in [-0.15, -0.1) is 0 Å². The Labute approximate surface area is 126 Å². The third-order valence-electron chi connectivity index (χ3n) is 2.89. The molecule has 3 nitrogen and oxygen atoms in total. The van der Waals surface area contributed by atoms with Crippen LogP contribution in [0.25, 0.3) is 0 Å². The van der Waals surface area contributed by atoms with Crippen LogP contribution in [0, 0.1) is 25.5 Å². The largest absolute Gasteiger partial charge is 0.275 e. The molecule has 0 saturated carbocycles. The quantitative estimate of drug-likeness (QED) is 0.922. The predicted molar refractivity (Wildman–Crippen MR) is 78.1 cm³/mol. The number of rotatable bonds is 3. The van der Waals surface area contributed by atoms with E-state index in [2.05, 4.69) is 4.72 Å². The summed E-state index contributed by atoms with van der Waals surface area (Å²) in [4.78, 5) is -0.0942. The first-order chi connectivity index (χ1) is 9.72. The van der Waals surface area contributed by atoms with E-state index in [4.69, 9.17) is 11.6 Å². The van der Waals surface area contributed by atoms with Crippen LogP contribution in [-0.2, 0) is 10.0 Å². The highest BCUT2D eigenvalue weighted by molar-refractivity contribution is 7.92. The van der Waals surface area contributed by atoms with Gasteiger partial charge < -0.3 is 0 Å². The van der Waals surface area contributed by atoms with Gasteiger partial charge in [-0.05, 0) is 49.2 Å². The lowest BCUT2D eigenvalue weighted by molar-refractivity contribution is 0.595. The molecule has 112 valence electrons. The highest BCUT2D eigenvalue weighted by Crippen LogP contribution is 2.29. The van der Waals surface area contributed by atoms with Gasteiger partial charge in [0, 0.05) is 0 Å². The molecule has 0 heterocycles. The van der Waals surface area contributed by atoms with Crippen molar-refractivity contribution in [1.82, 2.24) is 0 Å². The van der Waals surface area contributed by atoms with Crippen molar-refractivity contribution >= 4 is 27.3 Å². The van der Waals surface area contributed by atoms with Crippen LogP contribution in [0.5, 0.6) is 0 Å². The van der Waals surface area contributed by atoms with E-state index < -0.39 is 21.7 Å². The van der Waals surface area contributed by atoms with Crippen LogP contribution in [-0.4, -0.2) is 8.42 Å². The first-order valence-corrected chi connectivity index (χ1v) is 7.82. The maximum atomic E-state index is 13.7. The molecule has 2 rings (SSSR count). The zero-order valence-corrected chi connectivity index (χ0v) is 12.8. The zero-order chi connectivity index (χ0) is 15.8. The van der Waals surface area contributed by atoms with Gasteiger partial charge in [-0.1, -0.05) is 17.7 Å². The fraction of sp³-hybridized carbons (Fsp3) is 0.143. The average molecular weight is 332 g/mol. The smallest absolute Gasteiger partial charge is 0.262 e. The summed E-state index contributed by atoms with van der Waals surface area (Å²) in [7, 11) is -4.08. The Morgan fingerprint density at radius 3 is 2.19 bits per heavy atom. The lowest BCUT2D eigenvalue weighted by Gasteiger charge is -2.14. The molecule has 0 aliphatic carbocycles. The molecule has 0 radical (unpaired) electrons. The van der Waals surface area contributed by atoms with Crippen LogP contribution in [0.2, 0.25) is 5.02 Å². The summed E-state index contributed by atoms with van der Waals surface area (Å²) < 4.78 is 53.9. The summed E-state index contributed by atoms with van der Waals surface area (Å²) in [5.41, 5.74) is 0.127. The lowest BCUT2D eigenvalue weighted by Crippen LogP contribution is -2.17. The molecule has 0 aliphatic heterocycles. The summed E-state index contributed by atoms with van der Waals surface area (Å²) >= 11 is 5.80. The molecule has 2 aromatic rings. The predicted octanol–water partition coefficient (Wildman–Crippen LogP) is 4.04. The molecule has 0 atom stereocenters. The van der Waals surface area contributed by atoms with Gasteiger partial charge in [0.25, 0.3) is 10.0 Å². The second-order valence-corrected chi connectivity index (χ2v) is 6.60. The van der Waals surface area contributed by atoms with E-state index >= 15 is 0 Å². The standard InChI is InChI=1S/C14H12ClF2NO2S/c1-8-6-10(16)7-9(2)14(8)21(19,20)18-13-11(15)4-3-5-12(13)17/h3-7,18H,1-2H3. The zero-order valence-electron chi connectivity index (χ0n) is 11.2. The van der Waals surface area contributed by atoms with E-state index in [1.165, 1.54) is 26.0 Å². The number of halogens is 3. The Morgan fingerprint density at radius 1 is 1.10 bits per heavy atom. The summed E-state index contributed by atoms with van der Waals surface area (Å²) in [5.74, 6) is -1.32. The fourth-order valence-corrected chi connectivity index (χ4v) is 3.91. The van der Waals surface area contributed by atoms with Crippen LogP contribution >= 0.6 is 11.6 Å². The van der Waals surface area contributed by atoms with Crippen LogP contribution in [0.4, 0.5) is 14.5 Å². The molecule has 0 amide bonds. The number of hydrogen-bond acceptors (Lipinski definition) is 2. The van der Waals surface area contributed by atoms with Gasteiger partial charge in [0.1, 0.15) is 17.3 Å². The molecule has 0 bridgehead atoms. The van der Waals surface area contributed by atoms with Crippen molar-refractivity contribution in [3.05, 3.63) is 58.1 Å². The number of para-hydroxylation sites is 1. The van der Waals surface area contributed by atoms with Crippen molar-refractivity contribution in [3.63, 3.8) is 0 Å². The molecule has 0 aromatic heterocycles. The van der Waals surface area contributed by atoms with Gasteiger partial charge in [-0.25, -0.2) is 17.2 Å². The third-order valence-corrected chi connectivity index (χ3v) is 4.86. The second-order valence-electron chi connectivity index (χ2n) is 4.57. The minimum atomic E-state index is -4.08. The van der Waals surface area contributed by atoms with E-state index in [0.29, 0.717) is 0 Å². The molecule has 0 saturated heterocycles. The van der Waals surface area contributed by atoms with E-state index in [1.54, 1.807) is 0 Å². The monoisotopic (exact) mass is 331 g/mol. The topological polar surface area (TPSA) is 46.2 Å². The first kappa shape index (κ1) is 15.7. The van der Waals surface area contributed by atoms with Crippen molar-refractivity contribution < 1.29 is 17.2 Å². The van der Waals surface area contributed by atoms with Gasteiger partial charge >= 0.3 is 0 Å². The highest BCUT2D eigenvalue weighted by Gasteiger charge is 2.23. The summed E-state index contributed by atoms with van der Waals surface area (Å²) in [6, 6.07) is 6.03. The van der Waals surface area contributed by atoms with Crippen molar-refractivity contribution in [2.75, 3.05) is 4.72 Å². The van der Waals surface area contributed by atoms with E-state index in [1.807, 2.05) is 0 Å². The Kier molecular flexibility index (Phi) is 4.20. The van der Waals surface area contributed by atoms with E-state index in [9.17, 15) is 17.2 Å². The van der Waals surface area contributed by atoms with Crippen LogP contribution < -0.4 is 4.72 Å². The van der Waals surface area contributed by atoms with E-state index in [-0.39, 0.29) is 26.7 Å². The summed E-state index contributed by atoms with van der Waals surface area (Å²) in [5, 5.41) is -0.0593. The Hall–Kier alpha value is -1.66. The number of aryl methyl sites for hydroxylation is 2. The molecule has 0 spiro atoms. The average Bonchev–Trinajstić information content (AvgIpc) is 2.32. The molecule has 0 fully saturated rings. The number of anilines is 1. The third kappa shape index (κ3) is 3.16. The van der Waals surface area contributed by atoms with Gasteiger partial charge in [0.15, 0.2) is 0 Å². The molecular weight excluding hydrogens is 320 g/mol. The van der Waals surface area contributed by atoms with Crippen molar-refractivity contribution in [2.45, 2.75) is 18.7 Å². The highest BCUT2D eigenvalue weighted by atomic mass is 35.5. The molecule has 2 aromatic carbocycles. The first-order valence-electron chi connectivity index (χ1n) is 5.96. The van der Waals surface area contributed by atoms with Gasteiger partial charge in [0.2, 0.25) is 0 Å². The minimum Gasteiger partial charge on any atom is -0.275 e.